The van der Waals surface area contributed by atoms with E-state index in [0.717, 1.165) is 12.6 Å². The molecule has 0 amide bonds. The highest BCUT2D eigenvalue weighted by Gasteiger charge is 2.21. The first-order valence-corrected chi connectivity index (χ1v) is 8.00. The molecule has 1 aromatic carbocycles. The molecular formula is C17H26N2. The predicted octanol–water partition coefficient (Wildman–Crippen LogP) is 3.71. The van der Waals surface area contributed by atoms with Crippen molar-refractivity contribution in [1.29, 1.82) is 0 Å². The lowest BCUT2D eigenvalue weighted by Gasteiger charge is -2.29. The van der Waals surface area contributed by atoms with Gasteiger partial charge in [0.2, 0.25) is 0 Å². The molecule has 0 aromatic heterocycles. The monoisotopic (exact) mass is 258 g/mol. The third kappa shape index (κ3) is 3.73. The van der Waals surface area contributed by atoms with E-state index in [0.29, 0.717) is 0 Å². The van der Waals surface area contributed by atoms with Gasteiger partial charge in [-0.1, -0.05) is 37.5 Å². The first-order chi connectivity index (χ1) is 9.43. The minimum Gasteiger partial charge on any atom is -0.371 e. The van der Waals surface area contributed by atoms with Crippen molar-refractivity contribution in [3.8, 4) is 0 Å². The standard InChI is InChI=1S/C17H26N2/c1-2-6-12-19(13-7-3-1)17-9-5-4-8-15(17)14-18-16-10-11-16/h4-5,8-9,16,18H,1-3,6-7,10-14H2. The van der Waals surface area contributed by atoms with Gasteiger partial charge in [-0.2, -0.15) is 0 Å². The number of para-hydroxylation sites is 1. The summed E-state index contributed by atoms with van der Waals surface area (Å²) in [6.45, 7) is 3.51. The molecule has 1 saturated carbocycles. The largest absolute Gasteiger partial charge is 0.371 e. The summed E-state index contributed by atoms with van der Waals surface area (Å²) in [6, 6.07) is 9.77. The highest BCUT2D eigenvalue weighted by atomic mass is 15.1. The Bertz CT molecular complexity index is 390. The van der Waals surface area contributed by atoms with Crippen molar-refractivity contribution in [2.75, 3.05) is 18.0 Å². The van der Waals surface area contributed by atoms with Crippen LogP contribution < -0.4 is 10.2 Å². The zero-order valence-corrected chi connectivity index (χ0v) is 11.9. The van der Waals surface area contributed by atoms with Crippen molar-refractivity contribution in [3.63, 3.8) is 0 Å². The summed E-state index contributed by atoms with van der Waals surface area (Å²) < 4.78 is 0. The molecule has 0 radical (unpaired) electrons. The first-order valence-electron chi connectivity index (χ1n) is 8.00. The van der Waals surface area contributed by atoms with Crippen LogP contribution >= 0.6 is 0 Å². The molecule has 2 nitrogen and oxygen atoms in total. The average molecular weight is 258 g/mol. The zero-order chi connectivity index (χ0) is 12.9. The lowest BCUT2D eigenvalue weighted by Crippen LogP contribution is -2.29. The number of benzene rings is 1. The molecule has 2 fully saturated rings. The zero-order valence-electron chi connectivity index (χ0n) is 11.9. The Labute approximate surface area is 117 Å². The second-order valence-corrected chi connectivity index (χ2v) is 6.04. The smallest absolute Gasteiger partial charge is 0.0411 e. The van der Waals surface area contributed by atoms with Crippen LogP contribution in [0.2, 0.25) is 0 Å². The fourth-order valence-electron chi connectivity index (χ4n) is 3.00. The van der Waals surface area contributed by atoms with E-state index in [2.05, 4.69) is 34.5 Å². The SMILES string of the molecule is c1ccc(N2CCCCCCC2)c(CNC2CC2)c1. The number of nitrogens with one attached hydrogen (secondary N) is 1. The summed E-state index contributed by atoms with van der Waals surface area (Å²) >= 11 is 0. The van der Waals surface area contributed by atoms with Gasteiger partial charge >= 0.3 is 0 Å². The Morgan fingerprint density at radius 3 is 2.37 bits per heavy atom. The number of anilines is 1. The Balaban J connectivity index is 1.69. The lowest BCUT2D eigenvalue weighted by molar-refractivity contribution is 0.554. The van der Waals surface area contributed by atoms with E-state index in [4.69, 9.17) is 0 Å². The average Bonchev–Trinajstić information content (AvgIpc) is 3.21. The number of rotatable bonds is 4. The van der Waals surface area contributed by atoms with E-state index in [1.807, 2.05) is 0 Å². The molecule has 1 N–H and O–H groups in total. The molecule has 1 aromatic rings. The van der Waals surface area contributed by atoms with Crippen molar-refractivity contribution >= 4 is 5.69 Å². The van der Waals surface area contributed by atoms with Crippen LogP contribution in [-0.4, -0.2) is 19.1 Å². The van der Waals surface area contributed by atoms with E-state index in [1.54, 1.807) is 0 Å². The Morgan fingerprint density at radius 2 is 1.63 bits per heavy atom. The summed E-state index contributed by atoms with van der Waals surface area (Å²) in [5, 5.41) is 3.65. The molecule has 2 heteroatoms. The van der Waals surface area contributed by atoms with Crippen molar-refractivity contribution in [2.24, 2.45) is 0 Å². The molecule has 1 aliphatic heterocycles. The summed E-state index contributed by atoms with van der Waals surface area (Å²) in [7, 11) is 0. The maximum Gasteiger partial charge on any atom is 0.0411 e. The van der Waals surface area contributed by atoms with E-state index >= 15 is 0 Å². The van der Waals surface area contributed by atoms with Gasteiger partial charge in [0.1, 0.15) is 0 Å². The van der Waals surface area contributed by atoms with Crippen LogP contribution in [0.25, 0.3) is 0 Å². The summed E-state index contributed by atoms with van der Waals surface area (Å²) in [5.74, 6) is 0. The van der Waals surface area contributed by atoms with Crippen LogP contribution in [-0.2, 0) is 6.54 Å². The molecule has 3 rings (SSSR count). The molecule has 1 saturated heterocycles. The fourth-order valence-corrected chi connectivity index (χ4v) is 3.00. The highest BCUT2D eigenvalue weighted by molar-refractivity contribution is 5.53. The van der Waals surface area contributed by atoms with E-state index in [9.17, 15) is 0 Å². The van der Waals surface area contributed by atoms with Crippen LogP contribution in [0, 0.1) is 0 Å². The number of hydrogen-bond acceptors (Lipinski definition) is 2. The normalized spacial score (nSPS) is 20.9. The van der Waals surface area contributed by atoms with Gasteiger partial charge in [-0.05, 0) is 37.3 Å². The first kappa shape index (κ1) is 13.0. The van der Waals surface area contributed by atoms with Gasteiger partial charge < -0.3 is 10.2 Å². The third-order valence-corrected chi connectivity index (χ3v) is 4.35. The minimum atomic E-state index is 0.792. The molecule has 1 heterocycles. The van der Waals surface area contributed by atoms with Crippen molar-refractivity contribution in [3.05, 3.63) is 29.8 Å². The van der Waals surface area contributed by atoms with Crippen molar-refractivity contribution < 1.29 is 0 Å². The van der Waals surface area contributed by atoms with Gasteiger partial charge in [0.05, 0.1) is 0 Å². The van der Waals surface area contributed by atoms with E-state index in [-0.39, 0.29) is 0 Å². The van der Waals surface area contributed by atoms with Crippen LogP contribution in [0.5, 0.6) is 0 Å². The van der Waals surface area contributed by atoms with Gasteiger partial charge in [0.15, 0.2) is 0 Å². The lowest BCUT2D eigenvalue weighted by atomic mass is 10.1. The molecule has 0 spiro atoms. The number of hydrogen-bond donors (Lipinski definition) is 1. The highest BCUT2D eigenvalue weighted by Crippen LogP contribution is 2.25. The second-order valence-electron chi connectivity index (χ2n) is 6.04. The quantitative estimate of drug-likeness (QED) is 0.885. The third-order valence-electron chi connectivity index (χ3n) is 4.35. The Morgan fingerprint density at radius 1 is 0.947 bits per heavy atom. The van der Waals surface area contributed by atoms with Crippen molar-refractivity contribution in [2.45, 2.75) is 57.5 Å². The maximum absolute atomic E-state index is 3.65. The molecule has 19 heavy (non-hydrogen) atoms. The van der Waals surface area contributed by atoms with Gasteiger partial charge in [0.25, 0.3) is 0 Å². The fraction of sp³-hybridized carbons (Fsp3) is 0.647. The molecular weight excluding hydrogens is 232 g/mol. The van der Waals surface area contributed by atoms with E-state index < -0.39 is 0 Å². The molecule has 0 unspecified atom stereocenters. The predicted molar refractivity (Wildman–Crippen MR) is 81.6 cm³/mol. The Kier molecular flexibility index (Phi) is 4.39. The second kappa shape index (κ2) is 6.42. The van der Waals surface area contributed by atoms with Gasteiger partial charge in [-0.25, -0.2) is 0 Å². The van der Waals surface area contributed by atoms with Crippen LogP contribution in [0.3, 0.4) is 0 Å². The minimum absolute atomic E-state index is 0.792. The molecule has 1 aliphatic carbocycles. The van der Waals surface area contributed by atoms with Crippen LogP contribution in [0.1, 0.15) is 50.5 Å². The molecule has 0 bridgehead atoms. The van der Waals surface area contributed by atoms with Gasteiger partial charge in [0, 0.05) is 31.4 Å². The maximum atomic E-state index is 3.65. The van der Waals surface area contributed by atoms with E-state index in [1.165, 1.54) is 69.3 Å². The van der Waals surface area contributed by atoms with Crippen molar-refractivity contribution in [1.82, 2.24) is 5.32 Å². The topological polar surface area (TPSA) is 15.3 Å². The summed E-state index contributed by atoms with van der Waals surface area (Å²) in [4.78, 5) is 2.61. The molecule has 0 atom stereocenters. The summed E-state index contributed by atoms with van der Waals surface area (Å²) in [6.07, 6.45) is 9.67. The molecule has 104 valence electrons. The van der Waals surface area contributed by atoms with Gasteiger partial charge in [-0.3, -0.25) is 0 Å². The van der Waals surface area contributed by atoms with Gasteiger partial charge in [-0.15, -0.1) is 0 Å². The summed E-state index contributed by atoms with van der Waals surface area (Å²) in [5.41, 5.74) is 2.95. The molecule has 2 aliphatic rings. The Hall–Kier alpha value is -1.02. The van der Waals surface area contributed by atoms with Crippen LogP contribution in [0.15, 0.2) is 24.3 Å². The van der Waals surface area contributed by atoms with Crippen LogP contribution in [0.4, 0.5) is 5.69 Å². The number of nitrogens with zero attached hydrogens (tertiary/aromatic N) is 1.